The SMILES string of the molecule is C[B]C([B]C(C)(C)CCOC(C)(C)N1C(=O)CCC1=O)([B]C(C)(C)CCOC(C)(C)N1C(=O)CCC1=O)[B]C(C)(C)CCOC(C)(C)N1C(=O)CCC1=O. The highest BCUT2D eigenvalue weighted by Crippen LogP contribution is 2.48. The van der Waals surface area contributed by atoms with Crippen LogP contribution in [0, 0.1) is 0 Å². The Kier molecular flexibility index (Phi) is 14.4. The van der Waals surface area contributed by atoms with Crippen LogP contribution in [-0.2, 0) is 43.0 Å². The molecule has 54 heavy (non-hydrogen) atoms. The van der Waals surface area contributed by atoms with Crippen LogP contribution in [0.1, 0.15) is 141 Å². The molecule has 0 N–H and O–H groups in total. The van der Waals surface area contributed by atoms with E-state index in [-0.39, 0.29) is 89.9 Å². The first-order chi connectivity index (χ1) is 24.6. The Balaban J connectivity index is 1.77. The van der Waals surface area contributed by atoms with Crippen LogP contribution < -0.4 is 0 Å². The van der Waals surface area contributed by atoms with E-state index in [1.165, 1.54) is 14.7 Å². The van der Waals surface area contributed by atoms with Crippen LogP contribution in [0.15, 0.2) is 0 Å². The minimum atomic E-state index is -1.06. The van der Waals surface area contributed by atoms with Gasteiger partial charge in [-0.05, 0) is 60.8 Å². The first-order valence-electron chi connectivity index (χ1n) is 19.5. The summed E-state index contributed by atoms with van der Waals surface area (Å²) >= 11 is 0. The van der Waals surface area contributed by atoms with Crippen molar-refractivity contribution < 1.29 is 43.0 Å². The van der Waals surface area contributed by atoms with Crippen LogP contribution in [0.3, 0.4) is 0 Å². The van der Waals surface area contributed by atoms with Gasteiger partial charge in [-0.1, -0.05) is 64.3 Å². The van der Waals surface area contributed by atoms with Crippen molar-refractivity contribution >= 4 is 64.6 Å². The van der Waals surface area contributed by atoms with Crippen molar-refractivity contribution in [2.45, 2.75) is 186 Å². The van der Waals surface area contributed by atoms with E-state index in [0.717, 1.165) is 0 Å². The summed E-state index contributed by atoms with van der Waals surface area (Å²) in [5, 5.41) is -1.78. The minimum Gasteiger partial charge on any atom is -0.356 e. The van der Waals surface area contributed by atoms with Crippen molar-refractivity contribution in [3.05, 3.63) is 0 Å². The predicted molar refractivity (Wildman–Crippen MR) is 211 cm³/mol. The lowest BCUT2D eigenvalue weighted by Crippen LogP contribution is -2.51. The lowest BCUT2D eigenvalue weighted by molar-refractivity contribution is -0.173. The molecule has 0 unspecified atom stereocenters. The van der Waals surface area contributed by atoms with Gasteiger partial charge in [0.2, 0.25) is 35.4 Å². The summed E-state index contributed by atoms with van der Waals surface area (Å²) in [6.45, 7) is 26.3. The largest absolute Gasteiger partial charge is 0.356 e. The standard InChI is InChI=1S/C38H63B4N3O9/c1-32(2,20-23-52-35(7,8)43-26(46)14-15-27(43)47)40-38(39-13,41-33(3,4)21-24-53-36(9,10)44-28(48)16-17-29(44)49)42-34(5,6)22-25-54-37(11,12)45-30(50)18-19-31(45)51/h14-25H2,1-13H3. The van der Waals surface area contributed by atoms with Gasteiger partial charge < -0.3 is 14.2 Å². The van der Waals surface area contributed by atoms with E-state index >= 15 is 0 Å². The van der Waals surface area contributed by atoms with Crippen LogP contribution in [-0.4, -0.2) is 116 Å². The zero-order valence-corrected chi connectivity index (χ0v) is 35.3. The Bertz CT molecular complexity index is 1230. The minimum absolute atomic E-state index is 0.199. The normalized spacial score (nSPS) is 18.4. The van der Waals surface area contributed by atoms with Gasteiger partial charge in [0.15, 0.2) is 0 Å². The van der Waals surface area contributed by atoms with Crippen molar-refractivity contribution in [1.29, 1.82) is 0 Å². The van der Waals surface area contributed by atoms with Gasteiger partial charge >= 0.3 is 0 Å². The molecule has 0 aromatic carbocycles. The van der Waals surface area contributed by atoms with Crippen LogP contribution in [0.2, 0.25) is 27.8 Å². The number of hydrogen-bond acceptors (Lipinski definition) is 9. The molecular formula is C38H63B4N3O9. The van der Waals surface area contributed by atoms with E-state index in [4.69, 9.17) is 14.2 Å². The Labute approximate surface area is 327 Å². The molecule has 0 aliphatic carbocycles. The second kappa shape index (κ2) is 17.0. The molecule has 3 fully saturated rings. The molecule has 3 aliphatic heterocycles. The molecule has 16 heteroatoms. The molecule has 0 atom stereocenters. The highest BCUT2D eigenvalue weighted by Gasteiger charge is 2.47. The zero-order chi connectivity index (χ0) is 41.1. The van der Waals surface area contributed by atoms with E-state index in [1.807, 2.05) is 6.82 Å². The van der Waals surface area contributed by atoms with E-state index in [1.54, 1.807) is 41.5 Å². The predicted octanol–water partition coefficient (Wildman–Crippen LogP) is 5.35. The maximum Gasteiger partial charge on any atom is 0.232 e. The van der Waals surface area contributed by atoms with Gasteiger partial charge in [0.05, 0.1) is 29.1 Å². The Morgan fingerprint density at radius 3 is 0.815 bits per heavy atom. The summed E-state index contributed by atoms with van der Waals surface area (Å²) in [5.74, 6) is -1.33. The fourth-order valence-corrected chi connectivity index (χ4v) is 8.04. The molecule has 0 aromatic rings. The fourth-order valence-electron chi connectivity index (χ4n) is 8.04. The number of nitrogens with zero attached hydrogens (tertiary/aromatic N) is 3. The van der Waals surface area contributed by atoms with Gasteiger partial charge in [-0.3, -0.25) is 43.5 Å². The second-order valence-electron chi connectivity index (χ2n) is 18.7. The average molecular weight is 749 g/mol. The summed E-state index contributed by atoms with van der Waals surface area (Å²) in [5.41, 5.74) is -3.19. The molecule has 296 valence electrons. The molecule has 3 aliphatic rings. The molecule has 0 aromatic heterocycles. The smallest absolute Gasteiger partial charge is 0.232 e. The van der Waals surface area contributed by atoms with Gasteiger partial charge in [0.25, 0.3) is 0 Å². The quantitative estimate of drug-likeness (QED) is 0.106. The summed E-state index contributed by atoms with van der Waals surface area (Å²) in [6, 6.07) is 0. The highest BCUT2D eigenvalue weighted by molar-refractivity contribution is 6.97. The number of imide groups is 3. The second-order valence-corrected chi connectivity index (χ2v) is 18.7. The maximum atomic E-state index is 12.5. The van der Waals surface area contributed by atoms with Crippen molar-refractivity contribution in [3.8, 4) is 0 Å². The third kappa shape index (κ3) is 11.8. The number of ether oxygens (including phenoxy) is 3. The average Bonchev–Trinajstić information content (AvgIpc) is 3.65. The lowest BCUT2D eigenvalue weighted by Gasteiger charge is -2.47. The van der Waals surface area contributed by atoms with Crippen LogP contribution >= 0.6 is 0 Å². The molecule has 3 heterocycles. The van der Waals surface area contributed by atoms with E-state index in [0.29, 0.717) is 39.1 Å². The monoisotopic (exact) mass is 749 g/mol. The number of hydrogen-bond donors (Lipinski definition) is 0. The topological polar surface area (TPSA) is 140 Å². The Hall–Kier alpha value is -2.44. The highest BCUT2D eigenvalue weighted by atomic mass is 16.5. The third-order valence-electron chi connectivity index (χ3n) is 10.8. The van der Waals surface area contributed by atoms with Gasteiger partial charge in [0.1, 0.15) is 17.2 Å². The maximum absolute atomic E-state index is 12.5. The molecule has 12 nitrogen and oxygen atoms in total. The van der Waals surface area contributed by atoms with E-state index in [9.17, 15) is 28.8 Å². The van der Waals surface area contributed by atoms with Gasteiger partial charge in [-0.25, -0.2) is 0 Å². The number of carbonyl (C=O) groups excluding carboxylic acids is 6. The van der Waals surface area contributed by atoms with Crippen LogP contribution in [0.25, 0.3) is 0 Å². The van der Waals surface area contributed by atoms with Crippen LogP contribution in [0.5, 0.6) is 0 Å². The molecule has 3 rings (SSSR count). The molecule has 0 spiro atoms. The molecular weight excluding hydrogens is 686 g/mol. The van der Waals surface area contributed by atoms with E-state index in [2.05, 4.69) is 70.7 Å². The number of rotatable bonds is 22. The number of carbonyl (C=O) groups is 6. The first kappa shape index (κ1) is 45.9. The Morgan fingerprint density at radius 2 is 0.630 bits per heavy atom. The first-order valence-corrected chi connectivity index (χ1v) is 19.5. The fraction of sp³-hybridized carbons (Fsp3) is 0.842. The molecule has 4 radical (unpaired) electrons. The number of likely N-dealkylation sites (tertiary alicyclic amines) is 3. The van der Waals surface area contributed by atoms with Crippen LogP contribution in [0.4, 0.5) is 0 Å². The van der Waals surface area contributed by atoms with Crippen molar-refractivity contribution in [3.63, 3.8) is 0 Å². The molecule has 0 bridgehead atoms. The summed E-state index contributed by atoms with van der Waals surface area (Å²) in [6.07, 6.45) is 3.02. The van der Waals surface area contributed by atoms with Gasteiger partial charge in [-0.15, -0.1) is 5.01 Å². The molecule has 3 saturated heterocycles. The Morgan fingerprint density at radius 1 is 0.426 bits per heavy atom. The zero-order valence-electron chi connectivity index (χ0n) is 35.3. The summed E-state index contributed by atoms with van der Waals surface area (Å²) in [4.78, 5) is 78.5. The number of amides is 6. The van der Waals surface area contributed by atoms with Crippen molar-refractivity contribution in [2.75, 3.05) is 19.8 Å². The van der Waals surface area contributed by atoms with E-state index < -0.39 is 22.2 Å². The van der Waals surface area contributed by atoms with Gasteiger partial charge in [0, 0.05) is 58.3 Å². The molecule has 6 amide bonds. The summed E-state index contributed by atoms with van der Waals surface area (Å²) in [7, 11) is 9.10. The van der Waals surface area contributed by atoms with Gasteiger partial charge in [-0.2, -0.15) is 0 Å². The lowest BCUT2D eigenvalue weighted by atomic mass is 9.01. The molecule has 0 saturated carbocycles. The third-order valence-corrected chi connectivity index (χ3v) is 10.8. The summed E-state index contributed by atoms with van der Waals surface area (Å²) < 4.78 is 18.7. The van der Waals surface area contributed by atoms with Crippen molar-refractivity contribution in [1.82, 2.24) is 14.7 Å². The van der Waals surface area contributed by atoms with Crippen molar-refractivity contribution in [2.24, 2.45) is 0 Å².